The van der Waals surface area contributed by atoms with Crippen LogP contribution in [-0.2, 0) is 4.74 Å². The topological polar surface area (TPSA) is 41.5 Å². The van der Waals surface area contributed by atoms with Crippen molar-refractivity contribution in [1.82, 2.24) is 5.32 Å². The maximum Gasteiger partial charge on any atom is 0.115 e. The highest BCUT2D eigenvalue weighted by atomic mass is 32.2. The van der Waals surface area contributed by atoms with Gasteiger partial charge in [0.15, 0.2) is 0 Å². The van der Waals surface area contributed by atoms with E-state index in [1.807, 2.05) is 12.1 Å². The van der Waals surface area contributed by atoms with Gasteiger partial charge < -0.3 is 15.2 Å². The lowest BCUT2D eigenvalue weighted by molar-refractivity contribution is 0.0441. The Bertz CT molecular complexity index is 296. The number of aromatic hydroxyl groups is 1. The van der Waals surface area contributed by atoms with Crippen LogP contribution >= 0.6 is 11.8 Å². The normalized spacial score (nSPS) is 21.5. The van der Waals surface area contributed by atoms with Crippen molar-refractivity contribution in [2.24, 2.45) is 0 Å². The van der Waals surface area contributed by atoms with Crippen LogP contribution in [0.5, 0.6) is 5.75 Å². The Balaban J connectivity index is 1.79. The largest absolute Gasteiger partial charge is 0.508 e. The fourth-order valence-electron chi connectivity index (χ4n) is 1.46. The highest BCUT2D eigenvalue weighted by Gasteiger charge is 2.13. The van der Waals surface area contributed by atoms with E-state index in [1.54, 1.807) is 23.9 Å². The second-order valence-electron chi connectivity index (χ2n) is 3.50. The molecule has 0 aliphatic carbocycles. The highest BCUT2D eigenvalue weighted by Crippen LogP contribution is 2.22. The number of ether oxygens (including phenoxy) is 1. The van der Waals surface area contributed by atoms with E-state index in [1.165, 1.54) is 4.90 Å². The van der Waals surface area contributed by atoms with Crippen LogP contribution < -0.4 is 5.32 Å². The molecule has 0 aromatic heterocycles. The number of rotatable bonds is 3. The van der Waals surface area contributed by atoms with Crippen LogP contribution in [0.1, 0.15) is 0 Å². The molecule has 1 aliphatic heterocycles. The van der Waals surface area contributed by atoms with Crippen molar-refractivity contribution in [3.63, 3.8) is 0 Å². The van der Waals surface area contributed by atoms with Crippen molar-refractivity contribution in [1.29, 1.82) is 0 Å². The zero-order valence-corrected chi connectivity index (χ0v) is 9.30. The molecule has 0 saturated carbocycles. The molecule has 82 valence electrons. The van der Waals surface area contributed by atoms with Crippen molar-refractivity contribution >= 4 is 11.8 Å². The lowest BCUT2D eigenvalue weighted by Crippen LogP contribution is -2.39. The summed E-state index contributed by atoms with van der Waals surface area (Å²) in [7, 11) is 0. The van der Waals surface area contributed by atoms with Crippen LogP contribution in [0, 0.1) is 0 Å². The summed E-state index contributed by atoms with van der Waals surface area (Å²) in [5.74, 6) is 1.27. The first-order valence-corrected chi connectivity index (χ1v) is 6.07. The molecule has 0 spiro atoms. The second kappa shape index (κ2) is 5.39. The minimum absolute atomic E-state index is 0.303. The van der Waals surface area contributed by atoms with E-state index in [2.05, 4.69) is 5.32 Å². The number of nitrogens with one attached hydrogen (secondary N) is 1. The third kappa shape index (κ3) is 3.41. The number of hydrogen-bond acceptors (Lipinski definition) is 4. The van der Waals surface area contributed by atoms with E-state index in [-0.39, 0.29) is 0 Å². The molecule has 0 amide bonds. The van der Waals surface area contributed by atoms with Gasteiger partial charge in [-0.1, -0.05) is 0 Å². The highest BCUT2D eigenvalue weighted by molar-refractivity contribution is 7.99. The molecule has 0 bridgehead atoms. The third-order valence-corrected chi connectivity index (χ3v) is 3.42. The van der Waals surface area contributed by atoms with Gasteiger partial charge in [0.1, 0.15) is 5.75 Å². The molecule has 1 saturated heterocycles. The molecule has 2 rings (SSSR count). The molecule has 1 fully saturated rings. The molecule has 1 unspecified atom stereocenters. The fraction of sp³-hybridized carbons (Fsp3) is 0.455. The summed E-state index contributed by atoms with van der Waals surface area (Å²) in [5, 5.41) is 12.4. The molecule has 1 heterocycles. The van der Waals surface area contributed by atoms with Gasteiger partial charge in [0.25, 0.3) is 0 Å². The standard InChI is InChI=1S/C11H15NO2S/c13-9-1-3-11(4-2-9)15-8-10-7-12-5-6-14-10/h1-4,10,12-13H,5-8H2. The Morgan fingerprint density at radius 2 is 2.20 bits per heavy atom. The second-order valence-corrected chi connectivity index (χ2v) is 4.60. The Kier molecular flexibility index (Phi) is 3.88. The average Bonchev–Trinajstić information content (AvgIpc) is 2.30. The van der Waals surface area contributed by atoms with Crippen molar-refractivity contribution in [2.75, 3.05) is 25.4 Å². The lowest BCUT2D eigenvalue weighted by atomic mass is 10.3. The average molecular weight is 225 g/mol. The number of phenols is 1. The van der Waals surface area contributed by atoms with E-state index in [0.29, 0.717) is 11.9 Å². The molecule has 1 aromatic carbocycles. The minimum atomic E-state index is 0.303. The van der Waals surface area contributed by atoms with E-state index in [9.17, 15) is 0 Å². The first-order chi connectivity index (χ1) is 7.34. The smallest absolute Gasteiger partial charge is 0.115 e. The number of phenolic OH excluding ortho intramolecular Hbond substituents is 1. The Hall–Kier alpha value is -0.710. The maximum absolute atomic E-state index is 9.13. The van der Waals surface area contributed by atoms with Gasteiger partial charge in [-0.2, -0.15) is 0 Å². The summed E-state index contributed by atoms with van der Waals surface area (Å²) in [6, 6.07) is 7.27. The zero-order valence-electron chi connectivity index (χ0n) is 8.48. The third-order valence-electron chi connectivity index (χ3n) is 2.28. The van der Waals surface area contributed by atoms with Gasteiger partial charge in [-0.3, -0.25) is 0 Å². The van der Waals surface area contributed by atoms with Gasteiger partial charge in [0.05, 0.1) is 12.7 Å². The van der Waals surface area contributed by atoms with Crippen LogP contribution in [0.25, 0.3) is 0 Å². The Labute approximate surface area is 93.8 Å². The van der Waals surface area contributed by atoms with Gasteiger partial charge in [-0.15, -0.1) is 11.8 Å². The molecule has 0 radical (unpaired) electrons. The maximum atomic E-state index is 9.13. The summed E-state index contributed by atoms with van der Waals surface area (Å²) < 4.78 is 5.59. The van der Waals surface area contributed by atoms with Gasteiger partial charge in [0.2, 0.25) is 0 Å². The number of morpholine rings is 1. The summed E-state index contributed by atoms with van der Waals surface area (Å²) in [4.78, 5) is 1.17. The first-order valence-electron chi connectivity index (χ1n) is 5.09. The SMILES string of the molecule is Oc1ccc(SCC2CNCCO2)cc1. The van der Waals surface area contributed by atoms with Crippen molar-refractivity contribution < 1.29 is 9.84 Å². The van der Waals surface area contributed by atoms with Crippen LogP contribution in [0.3, 0.4) is 0 Å². The summed E-state index contributed by atoms with van der Waals surface area (Å²) >= 11 is 1.76. The lowest BCUT2D eigenvalue weighted by Gasteiger charge is -2.23. The van der Waals surface area contributed by atoms with Crippen molar-refractivity contribution in [3.8, 4) is 5.75 Å². The molecule has 3 nitrogen and oxygen atoms in total. The number of benzene rings is 1. The monoisotopic (exact) mass is 225 g/mol. The van der Waals surface area contributed by atoms with Crippen LogP contribution in [0.2, 0.25) is 0 Å². The van der Waals surface area contributed by atoms with Crippen molar-refractivity contribution in [3.05, 3.63) is 24.3 Å². The van der Waals surface area contributed by atoms with E-state index in [4.69, 9.17) is 9.84 Å². The molecule has 1 atom stereocenters. The number of hydrogen-bond donors (Lipinski definition) is 2. The van der Waals surface area contributed by atoms with E-state index in [0.717, 1.165) is 25.4 Å². The quantitative estimate of drug-likeness (QED) is 0.764. The first kappa shape index (κ1) is 10.8. The Morgan fingerprint density at radius 3 is 2.87 bits per heavy atom. The fourth-order valence-corrected chi connectivity index (χ4v) is 2.38. The zero-order chi connectivity index (χ0) is 10.5. The predicted molar refractivity (Wildman–Crippen MR) is 61.4 cm³/mol. The molecule has 1 aliphatic rings. The predicted octanol–water partition coefficient (Wildman–Crippen LogP) is 1.47. The molecule has 1 aromatic rings. The minimum Gasteiger partial charge on any atom is -0.508 e. The molecular formula is C11H15NO2S. The van der Waals surface area contributed by atoms with Crippen molar-refractivity contribution in [2.45, 2.75) is 11.0 Å². The van der Waals surface area contributed by atoms with Crippen LogP contribution in [0.4, 0.5) is 0 Å². The van der Waals surface area contributed by atoms with E-state index < -0.39 is 0 Å². The van der Waals surface area contributed by atoms with Gasteiger partial charge >= 0.3 is 0 Å². The molecule has 2 N–H and O–H groups in total. The summed E-state index contributed by atoms with van der Waals surface area (Å²) in [5.41, 5.74) is 0. The number of thioether (sulfide) groups is 1. The van der Waals surface area contributed by atoms with Gasteiger partial charge in [0, 0.05) is 23.7 Å². The van der Waals surface area contributed by atoms with Crippen LogP contribution in [0.15, 0.2) is 29.2 Å². The Morgan fingerprint density at radius 1 is 1.40 bits per heavy atom. The molecular weight excluding hydrogens is 210 g/mol. The summed E-state index contributed by atoms with van der Waals surface area (Å²) in [6.07, 6.45) is 0.303. The van der Waals surface area contributed by atoms with E-state index >= 15 is 0 Å². The van der Waals surface area contributed by atoms with Crippen LogP contribution in [-0.4, -0.2) is 36.7 Å². The molecule has 4 heteroatoms. The van der Waals surface area contributed by atoms with Gasteiger partial charge in [-0.05, 0) is 24.3 Å². The summed E-state index contributed by atoms with van der Waals surface area (Å²) in [6.45, 7) is 2.70. The van der Waals surface area contributed by atoms with Gasteiger partial charge in [-0.25, -0.2) is 0 Å². The molecule has 15 heavy (non-hydrogen) atoms.